The number of phenolic OH excluding ortho intramolecular Hbond substituents is 1. The number of rotatable bonds is 3. The van der Waals surface area contributed by atoms with Crippen molar-refractivity contribution in [3.05, 3.63) is 58.9 Å². The van der Waals surface area contributed by atoms with E-state index in [2.05, 4.69) is 4.74 Å². The molecule has 132 valence electrons. The van der Waals surface area contributed by atoms with E-state index in [-0.39, 0.29) is 18.0 Å². The number of benzene rings is 2. The van der Waals surface area contributed by atoms with Crippen molar-refractivity contribution in [1.82, 2.24) is 0 Å². The van der Waals surface area contributed by atoms with Gasteiger partial charge in [0.1, 0.15) is 11.5 Å². The molecule has 0 aliphatic heterocycles. The monoisotopic (exact) mass is 373 g/mol. The van der Waals surface area contributed by atoms with Crippen LogP contribution in [0.4, 0.5) is 26.3 Å². The van der Waals surface area contributed by atoms with E-state index in [1.165, 1.54) is 0 Å². The van der Waals surface area contributed by atoms with Gasteiger partial charge in [-0.15, -0.1) is 25.6 Å². The Morgan fingerprint density at radius 2 is 1.54 bits per heavy atom. The number of hydrogen-bond donors (Lipinski definition) is 2. The molecule has 3 nitrogen and oxygen atoms in total. The van der Waals surface area contributed by atoms with Gasteiger partial charge in [0.2, 0.25) is 0 Å². The van der Waals surface area contributed by atoms with Gasteiger partial charge in [0.05, 0.1) is 11.6 Å². The van der Waals surface area contributed by atoms with E-state index in [1.807, 2.05) is 0 Å². The summed E-state index contributed by atoms with van der Waals surface area (Å²) in [4.78, 5) is 0. The minimum atomic E-state index is -4.88. The van der Waals surface area contributed by atoms with Gasteiger partial charge < -0.3 is 15.6 Å². The molecule has 0 heterocycles. The molecular weight excluding hydrogens is 364 g/mol. The average molecular weight is 374 g/mol. The van der Waals surface area contributed by atoms with E-state index >= 15 is 0 Å². The van der Waals surface area contributed by atoms with E-state index in [0.29, 0.717) is 6.07 Å². The summed E-state index contributed by atoms with van der Waals surface area (Å²) in [5.74, 6) is -6.53. The molecule has 0 saturated carbocycles. The van der Waals surface area contributed by atoms with Crippen molar-refractivity contribution in [3.8, 4) is 11.5 Å². The highest BCUT2D eigenvalue weighted by Crippen LogP contribution is 2.33. The van der Waals surface area contributed by atoms with E-state index in [0.717, 1.165) is 24.3 Å². The molecule has 0 bridgehead atoms. The number of phenols is 1. The summed E-state index contributed by atoms with van der Waals surface area (Å²) in [5, 5.41) is 9.54. The lowest BCUT2D eigenvalue weighted by atomic mass is 9.97. The van der Waals surface area contributed by atoms with Crippen LogP contribution in [-0.2, 0) is 0 Å². The van der Waals surface area contributed by atoms with Gasteiger partial charge in [0, 0.05) is 6.07 Å². The molecule has 10 heteroatoms. The minimum absolute atomic E-state index is 0. The van der Waals surface area contributed by atoms with E-state index in [9.17, 15) is 31.4 Å². The van der Waals surface area contributed by atoms with Crippen LogP contribution in [0.3, 0.4) is 0 Å². The SMILES string of the molecule is Cl.N[C@@H](c1ccc(OC(F)(F)F)cc1)c1c(O)cc(F)c(F)c1F. The van der Waals surface area contributed by atoms with Crippen LogP contribution in [0.15, 0.2) is 30.3 Å². The zero-order chi connectivity index (χ0) is 17.4. The lowest BCUT2D eigenvalue weighted by Gasteiger charge is -2.16. The number of aromatic hydroxyl groups is 1. The number of nitrogens with two attached hydrogens (primary N) is 1. The van der Waals surface area contributed by atoms with Crippen molar-refractivity contribution >= 4 is 12.4 Å². The Morgan fingerprint density at radius 3 is 2.04 bits per heavy atom. The summed E-state index contributed by atoms with van der Waals surface area (Å²) < 4.78 is 79.7. The van der Waals surface area contributed by atoms with Gasteiger partial charge >= 0.3 is 6.36 Å². The van der Waals surface area contributed by atoms with Crippen LogP contribution >= 0.6 is 12.4 Å². The Labute approximate surface area is 138 Å². The Hall–Kier alpha value is -2.13. The molecule has 24 heavy (non-hydrogen) atoms. The topological polar surface area (TPSA) is 55.5 Å². The van der Waals surface area contributed by atoms with Crippen LogP contribution in [0.5, 0.6) is 11.5 Å². The van der Waals surface area contributed by atoms with Crippen molar-refractivity contribution in [1.29, 1.82) is 0 Å². The molecule has 0 aromatic heterocycles. The van der Waals surface area contributed by atoms with Crippen LogP contribution in [0, 0.1) is 17.5 Å². The van der Waals surface area contributed by atoms with Crippen LogP contribution in [0.1, 0.15) is 17.2 Å². The van der Waals surface area contributed by atoms with Crippen LogP contribution in [0.25, 0.3) is 0 Å². The van der Waals surface area contributed by atoms with Gasteiger partial charge in [-0.1, -0.05) is 12.1 Å². The second-order valence-electron chi connectivity index (χ2n) is 4.51. The smallest absolute Gasteiger partial charge is 0.507 e. The first kappa shape index (κ1) is 19.9. The largest absolute Gasteiger partial charge is 0.573 e. The highest BCUT2D eigenvalue weighted by molar-refractivity contribution is 5.85. The third-order valence-corrected chi connectivity index (χ3v) is 2.96. The predicted molar refractivity (Wildman–Crippen MR) is 74.4 cm³/mol. The fourth-order valence-corrected chi connectivity index (χ4v) is 1.94. The number of ether oxygens (including phenoxy) is 1. The minimum Gasteiger partial charge on any atom is -0.507 e. The maximum absolute atomic E-state index is 13.7. The molecule has 0 aliphatic carbocycles. The van der Waals surface area contributed by atoms with Gasteiger partial charge in [0.25, 0.3) is 0 Å². The normalized spacial score (nSPS) is 12.5. The van der Waals surface area contributed by atoms with Gasteiger partial charge in [-0.05, 0) is 17.7 Å². The zero-order valence-electron chi connectivity index (χ0n) is 11.6. The Balaban J connectivity index is 0.00000288. The lowest BCUT2D eigenvalue weighted by Crippen LogP contribution is -2.18. The summed E-state index contributed by atoms with van der Waals surface area (Å²) in [7, 11) is 0. The second kappa shape index (κ2) is 7.18. The van der Waals surface area contributed by atoms with Crippen molar-refractivity contribution in [2.24, 2.45) is 5.73 Å². The molecule has 0 radical (unpaired) electrons. The first-order valence-electron chi connectivity index (χ1n) is 6.08. The maximum Gasteiger partial charge on any atom is 0.573 e. The highest BCUT2D eigenvalue weighted by Gasteiger charge is 2.31. The van der Waals surface area contributed by atoms with Crippen molar-refractivity contribution in [2.45, 2.75) is 12.4 Å². The van der Waals surface area contributed by atoms with Gasteiger partial charge in [-0.3, -0.25) is 0 Å². The predicted octanol–water partition coefficient (Wildman–Crippen LogP) is 4.18. The lowest BCUT2D eigenvalue weighted by molar-refractivity contribution is -0.274. The van der Waals surface area contributed by atoms with Crippen molar-refractivity contribution in [2.75, 3.05) is 0 Å². The third kappa shape index (κ3) is 4.24. The molecule has 2 aromatic rings. The van der Waals surface area contributed by atoms with Crippen LogP contribution in [0.2, 0.25) is 0 Å². The summed E-state index contributed by atoms with van der Waals surface area (Å²) >= 11 is 0. The van der Waals surface area contributed by atoms with E-state index in [4.69, 9.17) is 5.73 Å². The Bertz CT molecular complexity index is 721. The molecule has 2 rings (SSSR count). The molecule has 1 atom stereocenters. The maximum atomic E-state index is 13.7. The third-order valence-electron chi connectivity index (χ3n) is 2.96. The van der Waals surface area contributed by atoms with E-state index in [1.54, 1.807) is 0 Å². The average Bonchev–Trinajstić information content (AvgIpc) is 2.44. The quantitative estimate of drug-likeness (QED) is 0.627. The summed E-state index contributed by atoms with van der Waals surface area (Å²) in [5.41, 5.74) is 5.00. The number of alkyl halides is 3. The first-order chi connectivity index (χ1) is 10.6. The van der Waals surface area contributed by atoms with Gasteiger partial charge in [0.15, 0.2) is 17.5 Å². The second-order valence-corrected chi connectivity index (χ2v) is 4.51. The molecule has 0 amide bonds. The zero-order valence-corrected chi connectivity index (χ0v) is 12.4. The number of hydrogen-bond acceptors (Lipinski definition) is 3. The molecule has 0 aliphatic rings. The van der Waals surface area contributed by atoms with E-state index < -0.39 is 46.9 Å². The molecule has 0 spiro atoms. The fraction of sp³-hybridized carbons (Fsp3) is 0.143. The Kier molecular flexibility index (Phi) is 5.96. The molecule has 2 aromatic carbocycles. The van der Waals surface area contributed by atoms with Gasteiger partial charge in [-0.2, -0.15) is 0 Å². The van der Waals surface area contributed by atoms with Crippen LogP contribution in [-0.4, -0.2) is 11.5 Å². The summed E-state index contributed by atoms with van der Waals surface area (Å²) in [6.45, 7) is 0. The van der Waals surface area contributed by atoms with Crippen molar-refractivity contribution in [3.63, 3.8) is 0 Å². The summed E-state index contributed by atoms with van der Waals surface area (Å²) in [6, 6.07) is 2.91. The molecule has 0 unspecified atom stereocenters. The number of halogens is 7. The van der Waals surface area contributed by atoms with Crippen LogP contribution < -0.4 is 10.5 Å². The molecule has 3 N–H and O–H groups in total. The molecule has 0 saturated heterocycles. The standard InChI is InChI=1S/C14H9F6NO2.ClH/c15-8-5-9(22)10(12(17)11(8)16)13(21)6-1-3-7(4-2-6)23-14(18,19)20;/h1-5,13,22H,21H2;1H/t13-;/m0./s1. The summed E-state index contributed by atoms with van der Waals surface area (Å²) in [6.07, 6.45) is -4.88. The molecule has 0 fully saturated rings. The first-order valence-corrected chi connectivity index (χ1v) is 6.08. The fourth-order valence-electron chi connectivity index (χ4n) is 1.94. The van der Waals surface area contributed by atoms with Crippen molar-refractivity contribution < 1.29 is 36.2 Å². The highest BCUT2D eigenvalue weighted by atomic mass is 35.5. The van der Waals surface area contributed by atoms with Gasteiger partial charge in [-0.25, -0.2) is 13.2 Å². The Morgan fingerprint density at radius 1 is 1.00 bits per heavy atom. The molecular formula is C14H10ClF6NO2.